The molecule has 0 radical (unpaired) electrons. The van der Waals surface area contributed by atoms with Crippen molar-refractivity contribution in [2.75, 3.05) is 20.8 Å². The summed E-state index contributed by atoms with van der Waals surface area (Å²) >= 11 is 1.27. The summed E-state index contributed by atoms with van der Waals surface area (Å²) in [5, 5.41) is 17.9. The quantitative estimate of drug-likeness (QED) is 0.223. The van der Waals surface area contributed by atoms with E-state index in [1.807, 2.05) is 18.2 Å². The Morgan fingerprint density at radius 3 is 2.41 bits per heavy atom. The molecule has 6 nitrogen and oxygen atoms in total. The van der Waals surface area contributed by atoms with Gasteiger partial charge in [-0.15, -0.1) is 11.3 Å². The highest BCUT2D eigenvalue weighted by molar-refractivity contribution is 7.20. The molecule has 3 N–H and O–H groups in total. The van der Waals surface area contributed by atoms with Crippen molar-refractivity contribution >= 4 is 27.3 Å². The molecule has 39 heavy (non-hydrogen) atoms. The number of ether oxygens (including phenoxy) is 2. The van der Waals surface area contributed by atoms with E-state index in [1.165, 1.54) is 36.1 Å². The molecule has 0 spiro atoms. The smallest absolute Gasteiger partial charge is 0.261 e. The monoisotopic (exact) mass is 554 g/mol. The van der Waals surface area contributed by atoms with Crippen molar-refractivity contribution in [3.05, 3.63) is 93.9 Å². The number of amides is 1. The zero-order valence-electron chi connectivity index (χ0n) is 22.1. The third kappa shape index (κ3) is 7.11. The lowest BCUT2D eigenvalue weighted by atomic mass is 10.0. The number of hydrogen-bond acceptors (Lipinski definition) is 6. The number of halogens is 2. The zero-order valence-corrected chi connectivity index (χ0v) is 22.9. The lowest BCUT2D eigenvalue weighted by Crippen LogP contribution is -2.48. The maximum atomic E-state index is 13.9. The molecule has 2 atom stereocenters. The molecule has 1 aromatic heterocycles. The Morgan fingerprint density at radius 2 is 1.72 bits per heavy atom. The van der Waals surface area contributed by atoms with Crippen molar-refractivity contribution in [2.45, 2.75) is 38.5 Å². The largest absolute Gasteiger partial charge is 0.493 e. The molecule has 4 aromatic rings. The van der Waals surface area contributed by atoms with Gasteiger partial charge in [-0.05, 0) is 59.9 Å². The SMILES string of the molecule is CCc1cccc(CNC[C@@H](O)[C@H](Cc2cc(F)cc(F)c2)NC(=O)c2cc3c(OC)c(OC)ccc3s2)c1. The van der Waals surface area contributed by atoms with Crippen LogP contribution in [0.2, 0.25) is 0 Å². The van der Waals surface area contributed by atoms with Crippen LogP contribution < -0.4 is 20.1 Å². The predicted octanol–water partition coefficient (Wildman–Crippen LogP) is 5.25. The van der Waals surface area contributed by atoms with Crippen molar-refractivity contribution in [3.8, 4) is 11.5 Å². The number of nitrogens with one attached hydrogen (secondary N) is 2. The first-order chi connectivity index (χ1) is 18.8. The average molecular weight is 555 g/mol. The van der Waals surface area contributed by atoms with Crippen LogP contribution in [0.5, 0.6) is 11.5 Å². The lowest BCUT2D eigenvalue weighted by molar-refractivity contribution is 0.0833. The number of benzene rings is 3. The van der Waals surface area contributed by atoms with Crippen molar-refractivity contribution in [1.29, 1.82) is 0 Å². The summed E-state index contributed by atoms with van der Waals surface area (Å²) in [6.07, 6.45) is -0.0689. The minimum absolute atomic E-state index is 0.0383. The topological polar surface area (TPSA) is 79.8 Å². The second kappa shape index (κ2) is 13.0. The Kier molecular flexibility index (Phi) is 9.50. The Morgan fingerprint density at radius 1 is 0.974 bits per heavy atom. The summed E-state index contributed by atoms with van der Waals surface area (Å²) in [5.41, 5.74) is 2.62. The van der Waals surface area contributed by atoms with Gasteiger partial charge in [-0.25, -0.2) is 8.78 Å². The second-order valence-corrected chi connectivity index (χ2v) is 10.3. The molecule has 4 rings (SSSR count). The third-order valence-electron chi connectivity index (χ3n) is 6.50. The van der Waals surface area contributed by atoms with Crippen LogP contribution in [0.15, 0.2) is 60.7 Å². The van der Waals surface area contributed by atoms with Crippen molar-refractivity contribution in [1.82, 2.24) is 10.6 Å². The predicted molar refractivity (Wildman–Crippen MR) is 150 cm³/mol. The van der Waals surface area contributed by atoms with Gasteiger partial charge in [-0.3, -0.25) is 4.79 Å². The molecule has 0 unspecified atom stereocenters. The Labute approximate surface area is 230 Å². The van der Waals surface area contributed by atoms with Crippen LogP contribution in [-0.2, 0) is 19.4 Å². The summed E-state index contributed by atoms with van der Waals surface area (Å²) in [5.74, 6) is -0.776. The fourth-order valence-corrected chi connectivity index (χ4v) is 5.48. The van der Waals surface area contributed by atoms with Gasteiger partial charge in [0.15, 0.2) is 11.5 Å². The maximum absolute atomic E-state index is 13.9. The van der Waals surface area contributed by atoms with E-state index in [9.17, 15) is 18.7 Å². The molecular formula is C30H32F2N2O4S. The van der Waals surface area contributed by atoms with Gasteiger partial charge in [0.25, 0.3) is 5.91 Å². The van der Waals surface area contributed by atoms with E-state index in [-0.39, 0.29) is 13.0 Å². The average Bonchev–Trinajstić information content (AvgIpc) is 3.36. The molecular weight excluding hydrogens is 522 g/mol. The molecule has 0 saturated heterocycles. The van der Waals surface area contributed by atoms with Gasteiger partial charge in [0.05, 0.1) is 31.2 Å². The molecule has 0 aliphatic rings. The molecule has 1 heterocycles. The molecule has 206 valence electrons. The van der Waals surface area contributed by atoms with E-state index >= 15 is 0 Å². The fourth-order valence-electron chi connectivity index (χ4n) is 4.52. The summed E-state index contributed by atoms with van der Waals surface area (Å²) in [6.45, 7) is 2.77. The number of thiophene rings is 1. The van der Waals surface area contributed by atoms with Gasteiger partial charge in [-0.1, -0.05) is 31.2 Å². The van der Waals surface area contributed by atoms with Gasteiger partial charge >= 0.3 is 0 Å². The first kappa shape index (κ1) is 28.5. The van der Waals surface area contributed by atoms with Gasteiger partial charge in [0.1, 0.15) is 11.6 Å². The Balaban J connectivity index is 1.53. The van der Waals surface area contributed by atoms with Crippen LogP contribution in [0.25, 0.3) is 10.1 Å². The number of rotatable bonds is 12. The first-order valence-electron chi connectivity index (χ1n) is 12.7. The normalized spacial score (nSPS) is 12.8. The third-order valence-corrected chi connectivity index (χ3v) is 7.60. The number of carbonyl (C=O) groups excluding carboxylic acids is 1. The number of fused-ring (bicyclic) bond motifs is 1. The summed E-state index contributed by atoms with van der Waals surface area (Å²) < 4.78 is 39.5. The molecule has 9 heteroatoms. The van der Waals surface area contributed by atoms with Crippen molar-refractivity contribution in [3.63, 3.8) is 0 Å². The van der Waals surface area contributed by atoms with Gasteiger partial charge < -0.3 is 25.2 Å². The standard InChI is InChI=1S/C30H32F2N2O4S/c1-4-18-6-5-7-19(10-18)16-33-17-25(35)24(13-20-11-21(31)14-22(32)12-20)34-30(36)28-15-23-27(39-28)9-8-26(37-2)29(23)38-3/h5-12,14-15,24-25,33,35H,4,13,16-17H2,1-3H3,(H,34,36)/t24-,25+/m0/s1. The van der Waals surface area contributed by atoms with E-state index in [2.05, 4.69) is 29.7 Å². The summed E-state index contributed by atoms with van der Waals surface area (Å²) in [6, 6.07) is 15.9. The maximum Gasteiger partial charge on any atom is 0.261 e. The minimum atomic E-state index is -1.03. The second-order valence-electron chi connectivity index (χ2n) is 9.26. The Hall–Kier alpha value is -3.53. The molecule has 0 saturated carbocycles. The van der Waals surface area contributed by atoms with E-state index in [4.69, 9.17) is 9.47 Å². The first-order valence-corrected chi connectivity index (χ1v) is 13.5. The van der Waals surface area contributed by atoms with Crippen LogP contribution in [0.3, 0.4) is 0 Å². The molecule has 0 aliphatic carbocycles. The highest BCUT2D eigenvalue weighted by Gasteiger charge is 2.24. The molecule has 0 bridgehead atoms. The number of hydrogen-bond donors (Lipinski definition) is 3. The number of aliphatic hydroxyl groups is 1. The lowest BCUT2D eigenvalue weighted by Gasteiger charge is -2.25. The van der Waals surface area contributed by atoms with E-state index in [1.54, 1.807) is 19.2 Å². The van der Waals surface area contributed by atoms with Crippen molar-refractivity contribution in [2.24, 2.45) is 0 Å². The molecule has 0 aliphatic heterocycles. The van der Waals surface area contributed by atoms with E-state index in [0.29, 0.717) is 28.5 Å². The Bertz CT molecular complexity index is 1420. The molecule has 3 aromatic carbocycles. The van der Waals surface area contributed by atoms with Crippen molar-refractivity contribution < 1.29 is 28.2 Å². The van der Waals surface area contributed by atoms with Crippen LogP contribution in [0.4, 0.5) is 8.78 Å². The van der Waals surface area contributed by atoms with E-state index in [0.717, 1.165) is 28.1 Å². The highest BCUT2D eigenvalue weighted by atomic mass is 32.1. The van der Waals surface area contributed by atoms with Crippen LogP contribution in [0.1, 0.15) is 33.3 Å². The number of methoxy groups -OCH3 is 2. The van der Waals surface area contributed by atoms with Crippen LogP contribution >= 0.6 is 11.3 Å². The van der Waals surface area contributed by atoms with Crippen LogP contribution in [0, 0.1) is 11.6 Å². The molecule has 0 fully saturated rings. The minimum Gasteiger partial charge on any atom is -0.493 e. The highest BCUT2D eigenvalue weighted by Crippen LogP contribution is 2.39. The van der Waals surface area contributed by atoms with Crippen LogP contribution in [-0.4, -0.2) is 43.9 Å². The van der Waals surface area contributed by atoms with Gasteiger partial charge in [-0.2, -0.15) is 0 Å². The van der Waals surface area contributed by atoms with E-state index < -0.39 is 29.7 Å². The van der Waals surface area contributed by atoms with Gasteiger partial charge in [0, 0.05) is 29.2 Å². The molecule has 1 amide bonds. The summed E-state index contributed by atoms with van der Waals surface area (Å²) in [7, 11) is 3.07. The number of carbonyl (C=O) groups is 1. The summed E-state index contributed by atoms with van der Waals surface area (Å²) in [4.78, 5) is 13.7. The zero-order chi connectivity index (χ0) is 27.9. The number of aryl methyl sites for hydroxylation is 1. The fraction of sp³-hybridized carbons (Fsp3) is 0.300. The van der Waals surface area contributed by atoms with Gasteiger partial charge in [0.2, 0.25) is 0 Å². The number of aliphatic hydroxyl groups excluding tert-OH is 1.